The molecule has 6 nitrogen and oxygen atoms in total. The molecule has 2 atom stereocenters. The number of aromatic amines is 1. The number of hydrogen-bond acceptors (Lipinski definition) is 4. The molecule has 1 aliphatic heterocycles. The predicted molar refractivity (Wildman–Crippen MR) is 94.2 cm³/mol. The Morgan fingerprint density at radius 2 is 2.08 bits per heavy atom. The summed E-state index contributed by atoms with van der Waals surface area (Å²) in [4.78, 5) is 14.6. The SMILES string of the molecule is Cc1n[nH]c(C)c1C(=O)N1CC[C@H](O)[C@@](CO)(Cc2ccc(F)cc2)C1. The molecule has 3 rings (SSSR count). The van der Waals surface area contributed by atoms with Crippen LogP contribution in [0.5, 0.6) is 0 Å². The number of H-pyrrole nitrogens is 1. The Bertz CT molecular complexity index is 770. The van der Waals surface area contributed by atoms with Gasteiger partial charge in [-0.3, -0.25) is 9.89 Å². The molecule has 3 N–H and O–H groups in total. The van der Waals surface area contributed by atoms with Gasteiger partial charge in [-0.05, 0) is 44.4 Å². The number of piperidine rings is 1. The van der Waals surface area contributed by atoms with Gasteiger partial charge in [-0.15, -0.1) is 0 Å². The summed E-state index contributed by atoms with van der Waals surface area (Å²) in [6, 6.07) is 6.00. The van der Waals surface area contributed by atoms with Gasteiger partial charge in [-0.1, -0.05) is 12.1 Å². The molecule has 7 heteroatoms. The molecule has 0 bridgehead atoms. The van der Waals surface area contributed by atoms with Crippen LogP contribution < -0.4 is 0 Å². The number of nitrogens with zero attached hydrogens (tertiary/aromatic N) is 2. The van der Waals surface area contributed by atoms with Gasteiger partial charge >= 0.3 is 0 Å². The molecule has 0 saturated carbocycles. The van der Waals surface area contributed by atoms with Crippen molar-refractivity contribution in [2.75, 3.05) is 19.7 Å². The van der Waals surface area contributed by atoms with Crippen molar-refractivity contribution in [3.05, 3.63) is 52.6 Å². The Morgan fingerprint density at radius 1 is 1.38 bits per heavy atom. The van der Waals surface area contributed by atoms with Crippen molar-refractivity contribution in [1.29, 1.82) is 0 Å². The summed E-state index contributed by atoms with van der Waals surface area (Å²) in [5.74, 6) is -0.490. The number of nitrogens with one attached hydrogen (secondary N) is 1. The molecule has 1 saturated heterocycles. The highest BCUT2D eigenvalue weighted by molar-refractivity contribution is 5.96. The van der Waals surface area contributed by atoms with E-state index < -0.39 is 11.5 Å². The average Bonchev–Trinajstić information content (AvgIpc) is 2.97. The lowest BCUT2D eigenvalue weighted by Gasteiger charge is -2.45. The topological polar surface area (TPSA) is 89.5 Å². The third-order valence-corrected chi connectivity index (χ3v) is 5.30. The maximum atomic E-state index is 13.2. The lowest BCUT2D eigenvalue weighted by atomic mass is 9.73. The quantitative estimate of drug-likeness (QED) is 0.772. The Kier molecular flexibility index (Phi) is 5.11. The second-order valence-corrected chi connectivity index (χ2v) is 7.16. The Labute approximate surface area is 151 Å². The van der Waals surface area contributed by atoms with Crippen LogP contribution in [0.15, 0.2) is 24.3 Å². The molecular weight excluding hydrogens is 337 g/mol. The highest BCUT2D eigenvalue weighted by Crippen LogP contribution is 2.35. The summed E-state index contributed by atoms with van der Waals surface area (Å²) >= 11 is 0. The monoisotopic (exact) mass is 361 g/mol. The number of aliphatic hydroxyl groups is 2. The maximum absolute atomic E-state index is 13.2. The highest BCUT2D eigenvalue weighted by Gasteiger charge is 2.44. The van der Waals surface area contributed by atoms with Crippen molar-refractivity contribution in [3.8, 4) is 0 Å². The molecule has 0 spiro atoms. The number of aryl methyl sites for hydroxylation is 2. The fourth-order valence-electron chi connectivity index (χ4n) is 3.74. The van der Waals surface area contributed by atoms with Crippen LogP contribution in [0.2, 0.25) is 0 Å². The fourth-order valence-corrected chi connectivity index (χ4v) is 3.74. The van der Waals surface area contributed by atoms with Crippen LogP contribution in [-0.2, 0) is 6.42 Å². The van der Waals surface area contributed by atoms with E-state index in [1.807, 2.05) is 0 Å². The predicted octanol–water partition coefficient (Wildman–Crippen LogP) is 1.59. The Morgan fingerprint density at radius 3 is 2.65 bits per heavy atom. The van der Waals surface area contributed by atoms with Crippen LogP contribution >= 0.6 is 0 Å². The zero-order valence-corrected chi connectivity index (χ0v) is 15.0. The molecular formula is C19H24FN3O3. The smallest absolute Gasteiger partial charge is 0.257 e. The zero-order chi connectivity index (χ0) is 18.9. The molecule has 0 unspecified atom stereocenters. The first-order chi connectivity index (χ1) is 12.4. The van der Waals surface area contributed by atoms with Crippen molar-refractivity contribution in [3.63, 3.8) is 0 Å². The van der Waals surface area contributed by atoms with E-state index in [4.69, 9.17) is 0 Å². The number of rotatable bonds is 4. The number of benzene rings is 1. The van der Waals surface area contributed by atoms with E-state index in [1.165, 1.54) is 12.1 Å². The number of amides is 1. The summed E-state index contributed by atoms with van der Waals surface area (Å²) in [6.45, 7) is 3.94. The van der Waals surface area contributed by atoms with Crippen LogP contribution in [0.3, 0.4) is 0 Å². The van der Waals surface area contributed by atoms with E-state index in [9.17, 15) is 19.4 Å². The van der Waals surface area contributed by atoms with Crippen molar-refractivity contribution in [1.82, 2.24) is 15.1 Å². The number of carbonyl (C=O) groups excluding carboxylic acids is 1. The minimum Gasteiger partial charge on any atom is -0.396 e. The van der Waals surface area contributed by atoms with Crippen molar-refractivity contribution in [2.24, 2.45) is 5.41 Å². The number of aliphatic hydroxyl groups excluding tert-OH is 2. The van der Waals surface area contributed by atoms with Crippen LogP contribution in [0.4, 0.5) is 4.39 Å². The largest absolute Gasteiger partial charge is 0.396 e. The zero-order valence-electron chi connectivity index (χ0n) is 15.0. The first-order valence-corrected chi connectivity index (χ1v) is 8.70. The van der Waals surface area contributed by atoms with Crippen LogP contribution in [0.25, 0.3) is 0 Å². The van der Waals surface area contributed by atoms with Gasteiger partial charge in [0.2, 0.25) is 0 Å². The van der Waals surface area contributed by atoms with Crippen molar-refractivity contribution in [2.45, 2.75) is 32.8 Å². The summed E-state index contributed by atoms with van der Waals surface area (Å²) in [7, 11) is 0. The van der Waals surface area contributed by atoms with Gasteiger partial charge in [0.15, 0.2) is 0 Å². The molecule has 1 aromatic heterocycles. The minimum absolute atomic E-state index is 0.155. The van der Waals surface area contributed by atoms with Gasteiger partial charge in [-0.25, -0.2) is 4.39 Å². The second kappa shape index (κ2) is 7.17. The van der Waals surface area contributed by atoms with Gasteiger partial charge in [0.1, 0.15) is 5.82 Å². The number of aromatic nitrogens is 2. The van der Waals surface area contributed by atoms with Crippen LogP contribution in [0, 0.1) is 25.1 Å². The molecule has 1 fully saturated rings. The van der Waals surface area contributed by atoms with Gasteiger partial charge in [0.25, 0.3) is 5.91 Å². The number of likely N-dealkylation sites (tertiary alicyclic amines) is 1. The van der Waals surface area contributed by atoms with E-state index in [0.29, 0.717) is 36.3 Å². The molecule has 0 aliphatic carbocycles. The lowest BCUT2D eigenvalue weighted by Crippen LogP contribution is -2.56. The van der Waals surface area contributed by atoms with E-state index in [2.05, 4.69) is 10.2 Å². The summed E-state index contributed by atoms with van der Waals surface area (Å²) in [5, 5.41) is 27.5. The third kappa shape index (κ3) is 3.37. The molecule has 140 valence electrons. The molecule has 26 heavy (non-hydrogen) atoms. The van der Waals surface area contributed by atoms with Crippen molar-refractivity contribution >= 4 is 5.91 Å². The number of hydrogen-bond donors (Lipinski definition) is 3. The third-order valence-electron chi connectivity index (χ3n) is 5.30. The minimum atomic E-state index is -0.878. The summed E-state index contributed by atoms with van der Waals surface area (Å²) in [6.07, 6.45) is -0.00484. The van der Waals surface area contributed by atoms with E-state index in [-0.39, 0.29) is 24.9 Å². The van der Waals surface area contributed by atoms with Crippen molar-refractivity contribution < 1.29 is 19.4 Å². The number of carbonyl (C=O) groups is 1. The molecule has 0 radical (unpaired) electrons. The van der Waals surface area contributed by atoms with E-state index >= 15 is 0 Å². The Hall–Kier alpha value is -2.25. The van der Waals surface area contributed by atoms with Gasteiger partial charge in [-0.2, -0.15) is 5.10 Å². The average molecular weight is 361 g/mol. The van der Waals surface area contributed by atoms with Gasteiger partial charge in [0.05, 0.1) is 24.0 Å². The van der Waals surface area contributed by atoms with E-state index in [1.54, 1.807) is 30.9 Å². The molecule has 1 aliphatic rings. The molecule has 1 aromatic carbocycles. The summed E-state index contributed by atoms with van der Waals surface area (Å²) < 4.78 is 13.2. The van der Waals surface area contributed by atoms with Crippen LogP contribution in [0.1, 0.15) is 33.7 Å². The fraction of sp³-hybridized carbons (Fsp3) is 0.474. The number of halogens is 1. The molecule has 2 heterocycles. The van der Waals surface area contributed by atoms with Gasteiger partial charge in [0, 0.05) is 24.2 Å². The first kappa shape index (κ1) is 18.5. The first-order valence-electron chi connectivity index (χ1n) is 8.70. The molecule has 1 amide bonds. The highest BCUT2D eigenvalue weighted by atomic mass is 19.1. The maximum Gasteiger partial charge on any atom is 0.257 e. The van der Waals surface area contributed by atoms with E-state index in [0.717, 1.165) is 5.56 Å². The normalized spacial score (nSPS) is 23.3. The Balaban J connectivity index is 1.85. The molecule has 2 aromatic rings. The van der Waals surface area contributed by atoms with Gasteiger partial charge < -0.3 is 15.1 Å². The summed E-state index contributed by atoms with van der Waals surface area (Å²) in [5.41, 5.74) is 1.80. The lowest BCUT2D eigenvalue weighted by molar-refractivity contribution is -0.0669. The standard InChI is InChI=1S/C19H24FN3O3/c1-12-17(13(2)22-21-12)18(26)23-8-7-16(25)19(10-23,11-24)9-14-3-5-15(20)6-4-14/h3-6,16,24-25H,7-11H2,1-2H3,(H,21,22)/t16-,19-/m0/s1. The van der Waals surface area contributed by atoms with Crippen LogP contribution in [-0.4, -0.2) is 57.0 Å². The second-order valence-electron chi connectivity index (χ2n) is 7.16.